The first-order valence-electron chi connectivity index (χ1n) is 10.5. The molecule has 2 amide bonds. The predicted octanol–water partition coefficient (Wildman–Crippen LogP) is 3.61. The van der Waals surface area contributed by atoms with Crippen molar-refractivity contribution in [1.29, 1.82) is 0 Å². The fourth-order valence-corrected chi connectivity index (χ4v) is 3.04. The third kappa shape index (κ3) is 7.13. The summed E-state index contributed by atoms with van der Waals surface area (Å²) in [5.74, 6) is 0.999. The normalized spacial score (nSPS) is 14.2. The highest BCUT2D eigenvalue weighted by molar-refractivity contribution is 5.92. The van der Waals surface area contributed by atoms with Gasteiger partial charge in [0.15, 0.2) is 0 Å². The zero-order chi connectivity index (χ0) is 22.1. The highest BCUT2D eigenvalue weighted by Crippen LogP contribution is 2.15. The van der Waals surface area contributed by atoms with Crippen molar-refractivity contribution in [3.05, 3.63) is 66.0 Å². The van der Waals surface area contributed by atoms with Crippen LogP contribution >= 0.6 is 0 Å². The van der Waals surface area contributed by atoms with Gasteiger partial charge in [0, 0.05) is 50.2 Å². The number of pyridine rings is 1. The molecule has 0 radical (unpaired) electrons. The van der Waals surface area contributed by atoms with Crippen LogP contribution in [0.25, 0.3) is 6.08 Å². The first-order chi connectivity index (χ1) is 15.0. The number of carbonyl (C=O) groups excluding carboxylic acids is 2. The summed E-state index contributed by atoms with van der Waals surface area (Å²) in [5.41, 5.74) is 1.92. The maximum absolute atomic E-state index is 12.5. The van der Waals surface area contributed by atoms with E-state index in [2.05, 4.69) is 4.98 Å². The van der Waals surface area contributed by atoms with E-state index < -0.39 is 0 Å². The Morgan fingerprint density at radius 1 is 1.06 bits per heavy atom. The molecule has 1 aliphatic rings. The third-order valence-electron chi connectivity index (χ3n) is 4.82. The number of rotatable bonds is 7. The Hall–Kier alpha value is -3.35. The maximum atomic E-state index is 12.5. The van der Waals surface area contributed by atoms with Gasteiger partial charge in [-0.2, -0.15) is 0 Å². The quantitative estimate of drug-likeness (QED) is 0.636. The molecule has 0 bridgehead atoms. The van der Waals surface area contributed by atoms with Gasteiger partial charge in [-0.15, -0.1) is 0 Å². The summed E-state index contributed by atoms with van der Waals surface area (Å²) < 4.78 is 11.0. The van der Waals surface area contributed by atoms with Crippen molar-refractivity contribution in [2.75, 3.05) is 32.8 Å². The van der Waals surface area contributed by atoms with Crippen molar-refractivity contribution in [3.8, 4) is 5.75 Å². The van der Waals surface area contributed by atoms with Crippen LogP contribution < -0.4 is 4.74 Å². The van der Waals surface area contributed by atoms with Crippen molar-refractivity contribution < 1.29 is 19.1 Å². The lowest BCUT2D eigenvalue weighted by Crippen LogP contribution is -2.50. The summed E-state index contributed by atoms with van der Waals surface area (Å²) in [6, 6.07) is 11.4. The highest BCUT2D eigenvalue weighted by Gasteiger charge is 2.24. The third-order valence-corrected chi connectivity index (χ3v) is 4.82. The van der Waals surface area contributed by atoms with Gasteiger partial charge < -0.3 is 19.3 Å². The molecule has 1 aromatic carbocycles. The smallest absolute Gasteiger partial charge is 0.409 e. The molecule has 0 aliphatic carbocycles. The fraction of sp³-hybridized carbons (Fsp3) is 0.375. The SMILES string of the molecule is CC(C)COC(=O)N1CCN(C(=O)/C=C/c2ccc(OCc3cccnc3)cc2)CC1. The molecule has 7 heteroatoms. The van der Waals surface area contributed by atoms with E-state index in [0.717, 1.165) is 16.9 Å². The topological polar surface area (TPSA) is 72.0 Å². The van der Waals surface area contributed by atoms with E-state index in [1.165, 1.54) is 0 Å². The molecule has 1 fully saturated rings. The number of nitrogens with zero attached hydrogens (tertiary/aromatic N) is 3. The second-order valence-corrected chi connectivity index (χ2v) is 7.84. The standard InChI is InChI=1S/C24H29N3O4/c1-19(2)17-31-24(29)27-14-12-26(13-15-27)23(28)10-7-20-5-8-22(9-6-20)30-18-21-4-3-11-25-16-21/h3-11,16,19H,12-15,17-18H2,1-2H3/b10-7+. The van der Waals surface area contributed by atoms with Crippen LogP contribution in [0.4, 0.5) is 4.79 Å². The van der Waals surface area contributed by atoms with E-state index in [9.17, 15) is 9.59 Å². The van der Waals surface area contributed by atoms with Gasteiger partial charge in [0.25, 0.3) is 0 Å². The van der Waals surface area contributed by atoms with Gasteiger partial charge in [0.05, 0.1) is 6.61 Å². The van der Waals surface area contributed by atoms with Gasteiger partial charge in [-0.25, -0.2) is 4.79 Å². The average molecular weight is 424 g/mol. The molecule has 0 spiro atoms. The molecule has 0 unspecified atom stereocenters. The summed E-state index contributed by atoms with van der Waals surface area (Å²) in [4.78, 5) is 31.9. The van der Waals surface area contributed by atoms with Gasteiger partial charge in [0.1, 0.15) is 12.4 Å². The van der Waals surface area contributed by atoms with Crippen molar-refractivity contribution in [2.45, 2.75) is 20.5 Å². The van der Waals surface area contributed by atoms with Crippen molar-refractivity contribution in [2.24, 2.45) is 5.92 Å². The van der Waals surface area contributed by atoms with E-state index in [1.54, 1.807) is 34.3 Å². The van der Waals surface area contributed by atoms with E-state index in [4.69, 9.17) is 9.47 Å². The van der Waals surface area contributed by atoms with Gasteiger partial charge in [-0.1, -0.05) is 32.0 Å². The number of hydrogen-bond acceptors (Lipinski definition) is 5. The first kappa shape index (κ1) is 22.3. The first-order valence-corrected chi connectivity index (χ1v) is 10.5. The Morgan fingerprint density at radius 2 is 1.77 bits per heavy atom. The summed E-state index contributed by atoms with van der Waals surface area (Å²) >= 11 is 0. The number of aromatic nitrogens is 1. The van der Waals surface area contributed by atoms with Crippen molar-refractivity contribution in [1.82, 2.24) is 14.8 Å². The summed E-state index contributed by atoms with van der Waals surface area (Å²) in [7, 11) is 0. The van der Waals surface area contributed by atoms with Crippen LogP contribution in [0, 0.1) is 5.92 Å². The van der Waals surface area contributed by atoms with Gasteiger partial charge in [-0.3, -0.25) is 9.78 Å². The number of carbonyl (C=O) groups is 2. The molecular formula is C24H29N3O4. The number of amides is 2. The molecule has 2 aromatic rings. The minimum Gasteiger partial charge on any atom is -0.489 e. The molecule has 1 aliphatic heterocycles. The fourth-order valence-electron chi connectivity index (χ4n) is 3.04. The monoisotopic (exact) mass is 423 g/mol. The molecule has 164 valence electrons. The Kier molecular flexibility index (Phi) is 8.04. The minimum atomic E-state index is -0.304. The number of ether oxygens (including phenoxy) is 2. The average Bonchev–Trinajstić information content (AvgIpc) is 2.81. The Bertz CT molecular complexity index is 873. The second kappa shape index (κ2) is 11.2. The molecular weight excluding hydrogens is 394 g/mol. The van der Waals surface area contributed by atoms with Gasteiger partial charge in [0.2, 0.25) is 5.91 Å². The zero-order valence-corrected chi connectivity index (χ0v) is 18.1. The molecule has 7 nitrogen and oxygen atoms in total. The van der Waals surface area contributed by atoms with Crippen LogP contribution in [0.3, 0.4) is 0 Å². The van der Waals surface area contributed by atoms with Crippen LogP contribution in [0.1, 0.15) is 25.0 Å². The Labute approximate surface area is 183 Å². The van der Waals surface area contributed by atoms with E-state index in [1.807, 2.05) is 50.2 Å². The lowest BCUT2D eigenvalue weighted by atomic mass is 10.2. The number of hydrogen-bond donors (Lipinski definition) is 0. The summed E-state index contributed by atoms with van der Waals surface area (Å²) in [6.45, 7) is 6.84. The van der Waals surface area contributed by atoms with Crippen LogP contribution in [0.15, 0.2) is 54.9 Å². The van der Waals surface area contributed by atoms with E-state index in [-0.39, 0.29) is 12.0 Å². The van der Waals surface area contributed by atoms with E-state index >= 15 is 0 Å². The molecule has 0 saturated carbocycles. The lowest BCUT2D eigenvalue weighted by Gasteiger charge is -2.33. The van der Waals surface area contributed by atoms with Crippen LogP contribution in [-0.4, -0.2) is 59.6 Å². The highest BCUT2D eigenvalue weighted by atomic mass is 16.6. The van der Waals surface area contributed by atoms with Gasteiger partial charge >= 0.3 is 6.09 Å². The largest absolute Gasteiger partial charge is 0.489 e. The van der Waals surface area contributed by atoms with E-state index in [0.29, 0.717) is 45.3 Å². The lowest BCUT2D eigenvalue weighted by molar-refractivity contribution is -0.127. The second-order valence-electron chi connectivity index (χ2n) is 7.84. The molecule has 2 heterocycles. The van der Waals surface area contributed by atoms with Crippen LogP contribution in [-0.2, 0) is 16.1 Å². The van der Waals surface area contributed by atoms with Crippen molar-refractivity contribution in [3.63, 3.8) is 0 Å². The summed E-state index contributed by atoms with van der Waals surface area (Å²) in [5, 5.41) is 0. The predicted molar refractivity (Wildman–Crippen MR) is 118 cm³/mol. The number of piperazine rings is 1. The number of benzene rings is 1. The Morgan fingerprint density at radius 3 is 2.42 bits per heavy atom. The van der Waals surface area contributed by atoms with Crippen LogP contribution in [0.5, 0.6) is 5.75 Å². The van der Waals surface area contributed by atoms with Crippen LogP contribution in [0.2, 0.25) is 0 Å². The molecule has 31 heavy (non-hydrogen) atoms. The van der Waals surface area contributed by atoms with Crippen molar-refractivity contribution >= 4 is 18.1 Å². The molecule has 0 atom stereocenters. The minimum absolute atomic E-state index is 0.0629. The Balaban J connectivity index is 1.43. The summed E-state index contributed by atoms with van der Waals surface area (Å²) in [6.07, 6.45) is 6.56. The maximum Gasteiger partial charge on any atom is 0.409 e. The molecule has 0 N–H and O–H groups in total. The molecule has 3 rings (SSSR count). The zero-order valence-electron chi connectivity index (χ0n) is 18.1. The molecule has 1 aromatic heterocycles. The van der Waals surface area contributed by atoms with Gasteiger partial charge in [-0.05, 0) is 35.8 Å². The molecule has 1 saturated heterocycles.